The minimum absolute atomic E-state index is 0.253. The van der Waals surface area contributed by atoms with E-state index in [1.807, 2.05) is 26.8 Å². The number of hydrogen-bond acceptors (Lipinski definition) is 6. The van der Waals surface area contributed by atoms with Crippen molar-refractivity contribution in [3.05, 3.63) is 56.9 Å². The van der Waals surface area contributed by atoms with E-state index in [2.05, 4.69) is 27.3 Å². The van der Waals surface area contributed by atoms with E-state index in [0.717, 1.165) is 27.5 Å². The molecule has 0 radical (unpaired) electrons. The standard InChI is InChI=1S/C12H18N2O4.C10H11Cl/c1-7-8(2)14-9(3)10(6-17-13-4)11(7)18-12(15)16-5;11-10-6-5-8-3-1-2-4-9(8)7-10/h13H,6H2,1-5H3;5-7H,1-4H2. The quantitative estimate of drug-likeness (QED) is 0.553. The lowest BCUT2D eigenvalue weighted by Gasteiger charge is -2.15. The summed E-state index contributed by atoms with van der Waals surface area (Å²) in [5, 5.41) is 0.880. The zero-order valence-corrected chi connectivity index (χ0v) is 18.5. The molecule has 0 spiro atoms. The molecule has 2 aromatic rings. The van der Waals surface area contributed by atoms with E-state index in [1.165, 1.54) is 43.9 Å². The Morgan fingerprint density at radius 1 is 1.14 bits per heavy atom. The molecule has 1 aliphatic carbocycles. The summed E-state index contributed by atoms with van der Waals surface area (Å²) in [6, 6.07) is 6.26. The van der Waals surface area contributed by atoms with E-state index in [4.69, 9.17) is 21.2 Å². The Bertz CT molecular complexity index is 855. The summed E-state index contributed by atoms with van der Waals surface area (Å²) in [5.41, 5.74) is 8.61. The van der Waals surface area contributed by atoms with Crippen LogP contribution in [-0.2, 0) is 29.0 Å². The third-order valence-electron chi connectivity index (χ3n) is 4.95. The van der Waals surface area contributed by atoms with Gasteiger partial charge in [-0.1, -0.05) is 17.7 Å². The van der Waals surface area contributed by atoms with Crippen LogP contribution in [0.2, 0.25) is 5.02 Å². The zero-order valence-electron chi connectivity index (χ0n) is 17.7. The van der Waals surface area contributed by atoms with Gasteiger partial charge in [-0.05, 0) is 69.7 Å². The lowest BCUT2D eigenvalue weighted by Crippen LogP contribution is -2.15. The molecule has 29 heavy (non-hydrogen) atoms. The van der Waals surface area contributed by atoms with Crippen molar-refractivity contribution in [3.8, 4) is 5.75 Å². The fraction of sp³-hybridized carbons (Fsp3) is 0.455. The van der Waals surface area contributed by atoms with Gasteiger partial charge < -0.3 is 9.47 Å². The predicted octanol–water partition coefficient (Wildman–Crippen LogP) is 5.02. The highest BCUT2D eigenvalue weighted by Crippen LogP contribution is 2.28. The highest BCUT2D eigenvalue weighted by molar-refractivity contribution is 6.30. The number of fused-ring (bicyclic) bond motifs is 1. The van der Waals surface area contributed by atoms with Crippen LogP contribution in [0.5, 0.6) is 5.75 Å². The monoisotopic (exact) mass is 420 g/mol. The number of carbonyl (C=O) groups excluding carboxylic acids is 1. The van der Waals surface area contributed by atoms with Crippen molar-refractivity contribution >= 4 is 17.8 Å². The fourth-order valence-corrected chi connectivity index (χ4v) is 3.43. The smallest absolute Gasteiger partial charge is 0.437 e. The number of pyridine rings is 1. The van der Waals surface area contributed by atoms with Gasteiger partial charge in [-0.15, -0.1) is 0 Å². The number of benzene rings is 1. The molecule has 1 N–H and O–H groups in total. The number of aryl methyl sites for hydroxylation is 4. The second kappa shape index (κ2) is 11.1. The third kappa shape index (κ3) is 6.42. The molecule has 1 heterocycles. The van der Waals surface area contributed by atoms with Crippen molar-refractivity contribution in [2.45, 2.75) is 53.1 Å². The number of hydrogen-bond donors (Lipinski definition) is 1. The molecule has 1 aliphatic rings. The molecule has 0 amide bonds. The van der Waals surface area contributed by atoms with Crippen LogP contribution in [0.3, 0.4) is 0 Å². The Kier molecular flexibility index (Phi) is 8.89. The Balaban J connectivity index is 0.000000230. The van der Waals surface area contributed by atoms with E-state index >= 15 is 0 Å². The lowest BCUT2D eigenvalue weighted by molar-refractivity contribution is 0.0422. The van der Waals surface area contributed by atoms with Crippen LogP contribution in [0.25, 0.3) is 0 Å². The molecule has 7 heteroatoms. The second-order valence-corrected chi connectivity index (χ2v) is 7.32. The molecule has 0 saturated carbocycles. The van der Waals surface area contributed by atoms with Crippen LogP contribution in [0.1, 0.15) is 46.5 Å². The summed E-state index contributed by atoms with van der Waals surface area (Å²) < 4.78 is 9.69. The van der Waals surface area contributed by atoms with Gasteiger partial charge in [0.1, 0.15) is 5.75 Å². The van der Waals surface area contributed by atoms with Gasteiger partial charge in [0.15, 0.2) is 0 Å². The molecular formula is C22H29ClN2O4. The van der Waals surface area contributed by atoms with Crippen LogP contribution in [0, 0.1) is 20.8 Å². The van der Waals surface area contributed by atoms with Crippen molar-refractivity contribution in [3.63, 3.8) is 0 Å². The van der Waals surface area contributed by atoms with Crippen LogP contribution in [0.15, 0.2) is 18.2 Å². The minimum Gasteiger partial charge on any atom is -0.437 e. The minimum atomic E-state index is -0.756. The number of aromatic nitrogens is 1. The summed E-state index contributed by atoms with van der Waals surface area (Å²) in [5.74, 6) is 0.446. The molecule has 0 saturated heterocycles. The Morgan fingerprint density at radius 2 is 1.83 bits per heavy atom. The van der Waals surface area contributed by atoms with Gasteiger partial charge in [0, 0.05) is 34.6 Å². The van der Waals surface area contributed by atoms with Crippen molar-refractivity contribution in [1.29, 1.82) is 0 Å². The third-order valence-corrected chi connectivity index (χ3v) is 5.19. The van der Waals surface area contributed by atoms with E-state index in [9.17, 15) is 4.79 Å². The highest BCUT2D eigenvalue weighted by Gasteiger charge is 2.18. The molecule has 6 nitrogen and oxygen atoms in total. The molecular weight excluding hydrogens is 392 g/mol. The lowest BCUT2D eigenvalue weighted by atomic mass is 9.92. The highest BCUT2D eigenvalue weighted by atomic mass is 35.5. The summed E-state index contributed by atoms with van der Waals surface area (Å²) in [6.45, 7) is 5.78. The predicted molar refractivity (Wildman–Crippen MR) is 113 cm³/mol. The maximum atomic E-state index is 11.3. The zero-order chi connectivity index (χ0) is 21.4. The van der Waals surface area contributed by atoms with Gasteiger partial charge in [-0.2, -0.15) is 0 Å². The van der Waals surface area contributed by atoms with Crippen molar-refractivity contribution in [1.82, 2.24) is 10.5 Å². The van der Waals surface area contributed by atoms with Crippen LogP contribution in [-0.4, -0.2) is 25.3 Å². The molecule has 0 atom stereocenters. The van der Waals surface area contributed by atoms with Gasteiger partial charge in [0.2, 0.25) is 0 Å². The topological polar surface area (TPSA) is 69.7 Å². The molecule has 0 fully saturated rings. The first-order valence-corrected chi connectivity index (χ1v) is 10.0. The maximum absolute atomic E-state index is 11.3. The molecule has 3 rings (SSSR count). The number of hydroxylamine groups is 1. The Labute approximate surface area is 177 Å². The van der Waals surface area contributed by atoms with E-state index in [1.54, 1.807) is 7.05 Å². The number of nitrogens with one attached hydrogen (secondary N) is 1. The number of ether oxygens (including phenoxy) is 2. The second-order valence-electron chi connectivity index (χ2n) is 6.88. The number of rotatable bonds is 4. The van der Waals surface area contributed by atoms with Crippen LogP contribution in [0.4, 0.5) is 4.79 Å². The summed E-state index contributed by atoms with van der Waals surface area (Å²) >= 11 is 5.88. The number of halogens is 1. The first-order chi connectivity index (χ1) is 13.9. The summed E-state index contributed by atoms with van der Waals surface area (Å²) in [4.78, 5) is 20.8. The van der Waals surface area contributed by atoms with Crippen molar-refractivity contribution < 1.29 is 19.1 Å². The fourth-order valence-electron chi connectivity index (χ4n) is 3.24. The normalized spacial score (nSPS) is 12.5. The molecule has 1 aromatic heterocycles. The average Bonchev–Trinajstić information content (AvgIpc) is 2.71. The van der Waals surface area contributed by atoms with Gasteiger partial charge in [-0.3, -0.25) is 9.82 Å². The molecule has 0 aliphatic heterocycles. The van der Waals surface area contributed by atoms with E-state index in [-0.39, 0.29) is 6.61 Å². The number of carbonyl (C=O) groups is 1. The van der Waals surface area contributed by atoms with Crippen LogP contribution < -0.4 is 10.2 Å². The van der Waals surface area contributed by atoms with Gasteiger partial charge >= 0.3 is 6.16 Å². The van der Waals surface area contributed by atoms with Gasteiger partial charge in [-0.25, -0.2) is 10.3 Å². The molecule has 158 valence electrons. The molecule has 1 aromatic carbocycles. The van der Waals surface area contributed by atoms with E-state index in [0.29, 0.717) is 5.75 Å². The van der Waals surface area contributed by atoms with Crippen LogP contribution >= 0.6 is 11.6 Å². The van der Waals surface area contributed by atoms with Crippen molar-refractivity contribution in [2.24, 2.45) is 0 Å². The van der Waals surface area contributed by atoms with Crippen molar-refractivity contribution in [2.75, 3.05) is 14.2 Å². The molecule has 0 unspecified atom stereocenters. The molecule has 0 bridgehead atoms. The maximum Gasteiger partial charge on any atom is 0.513 e. The first kappa shape index (κ1) is 23.1. The average molecular weight is 421 g/mol. The SMILES string of the molecule is CNOCc1c(C)nc(C)c(C)c1OC(=O)OC.Clc1ccc2c(c1)CCCC2. The first-order valence-electron chi connectivity index (χ1n) is 9.65. The van der Waals surface area contributed by atoms with Gasteiger partial charge in [0.25, 0.3) is 0 Å². The summed E-state index contributed by atoms with van der Waals surface area (Å²) in [6.07, 6.45) is 4.37. The Morgan fingerprint density at radius 3 is 2.48 bits per heavy atom. The number of methoxy groups -OCH3 is 1. The largest absolute Gasteiger partial charge is 0.513 e. The number of nitrogens with zero attached hydrogens (tertiary/aromatic N) is 1. The van der Waals surface area contributed by atoms with E-state index < -0.39 is 6.16 Å². The summed E-state index contributed by atoms with van der Waals surface area (Å²) in [7, 11) is 2.92. The Hall–Kier alpha value is -2.15. The van der Waals surface area contributed by atoms with Gasteiger partial charge in [0.05, 0.1) is 13.7 Å².